The summed E-state index contributed by atoms with van der Waals surface area (Å²) in [6.07, 6.45) is 3.03. The van der Waals surface area contributed by atoms with Gasteiger partial charge in [-0.05, 0) is 62.1 Å². The van der Waals surface area contributed by atoms with Crippen LogP contribution in [0.2, 0.25) is 0 Å². The Balaban J connectivity index is 1.70. The molecule has 1 unspecified atom stereocenters. The molecule has 1 fully saturated rings. The van der Waals surface area contributed by atoms with E-state index in [1.165, 1.54) is 11.6 Å². The van der Waals surface area contributed by atoms with Gasteiger partial charge in [0, 0.05) is 12.0 Å². The number of carbonyl (C=O) groups excluding carboxylic acids is 2. The molecule has 3 nitrogen and oxygen atoms in total. The van der Waals surface area contributed by atoms with Crippen molar-refractivity contribution in [2.24, 2.45) is 11.8 Å². The predicted octanol–water partition coefficient (Wildman–Crippen LogP) is 5.23. The third-order valence-corrected chi connectivity index (χ3v) is 5.75. The van der Waals surface area contributed by atoms with Crippen LogP contribution in [0.3, 0.4) is 0 Å². The summed E-state index contributed by atoms with van der Waals surface area (Å²) in [5.41, 5.74) is 1.42. The van der Waals surface area contributed by atoms with Crippen LogP contribution in [0.1, 0.15) is 49.7 Å². The van der Waals surface area contributed by atoms with E-state index in [1.54, 1.807) is 6.92 Å². The van der Waals surface area contributed by atoms with E-state index < -0.39 is 23.5 Å². The zero-order valence-corrected chi connectivity index (χ0v) is 16.6. The first-order valence-corrected chi connectivity index (χ1v) is 10.2. The van der Waals surface area contributed by atoms with Gasteiger partial charge in [-0.25, -0.2) is 8.78 Å². The summed E-state index contributed by atoms with van der Waals surface area (Å²) in [5.74, 6) is -3.16. The molecule has 1 atom stereocenters. The lowest BCUT2D eigenvalue weighted by atomic mass is 9.74. The van der Waals surface area contributed by atoms with Crippen molar-refractivity contribution in [3.05, 3.63) is 71.3 Å². The monoisotopic (exact) mass is 400 g/mol. The molecule has 0 radical (unpaired) electrons. The summed E-state index contributed by atoms with van der Waals surface area (Å²) in [4.78, 5) is 25.6. The van der Waals surface area contributed by atoms with Crippen molar-refractivity contribution in [3.8, 4) is 0 Å². The maximum atomic E-state index is 14.1. The molecule has 0 N–H and O–H groups in total. The van der Waals surface area contributed by atoms with Crippen LogP contribution in [0.5, 0.6) is 0 Å². The number of hydrogen-bond acceptors (Lipinski definition) is 3. The van der Waals surface area contributed by atoms with Gasteiger partial charge in [0.2, 0.25) is 0 Å². The number of rotatable bonds is 7. The van der Waals surface area contributed by atoms with Crippen LogP contribution < -0.4 is 0 Å². The number of ether oxygens (including phenoxy) is 1. The average molecular weight is 400 g/mol. The zero-order valence-electron chi connectivity index (χ0n) is 16.6. The number of esters is 1. The summed E-state index contributed by atoms with van der Waals surface area (Å²) >= 11 is 0. The first-order valence-electron chi connectivity index (χ1n) is 10.2. The van der Waals surface area contributed by atoms with Crippen molar-refractivity contribution < 1.29 is 23.1 Å². The molecular formula is C24H26F2O3. The topological polar surface area (TPSA) is 43.4 Å². The van der Waals surface area contributed by atoms with Gasteiger partial charge in [0.1, 0.15) is 17.6 Å². The van der Waals surface area contributed by atoms with Crippen molar-refractivity contribution in [2.45, 2.75) is 44.9 Å². The van der Waals surface area contributed by atoms with E-state index in [9.17, 15) is 18.4 Å². The van der Waals surface area contributed by atoms with Gasteiger partial charge in [-0.1, -0.05) is 36.4 Å². The maximum absolute atomic E-state index is 14.1. The van der Waals surface area contributed by atoms with Crippen molar-refractivity contribution in [1.29, 1.82) is 0 Å². The summed E-state index contributed by atoms with van der Waals surface area (Å²) in [6, 6.07) is 13.4. The number of Topliss-reactive ketones (excluding diaryl/α,β-unsaturated/α-hetero) is 1. The molecule has 0 heterocycles. The molecule has 3 rings (SSSR count). The van der Waals surface area contributed by atoms with Crippen LogP contribution in [-0.4, -0.2) is 18.4 Å². The van der Waals surface area contributed by atoms with Crippen LogP contribution in [0, 0.1) is 23.5 Å². The van der Waals surface area contributed by atoms with Crippen LogP contribution in [0.15, 0.2) is 48.5 Å². The molecule has 29 heavy (non-hydrogen) atoms. The van der Waals surface area contributed by atoms with Crippen molar-refractivity contribution in [2.75, 3.05) is 6.61 Å². The number of halogens is 2. The Hall–Kier alpha value is -2.56. The Bertz CT molecular complexity index is 842. The molecule has 1 aliphatic carbocycles. The van der Waals surface area contributed by atoms with E-state index in [2.05, 4.69) is 12.1 Å². The molecule has 0 saturated heterocycles. The highest BCUT2D eigenvalue weighted by molar-refractivity contribution is 6.00. The van der Waals surface area contributed by atoms with E-state index in [0.717, 1.165) is 25.0 Å². The first-order chi connectivity index (χ1) is 14.0. The Kier molecular flexibility index (Phi) is 7.13. The van der Waals surface area contributed by atoms with E-state index in [4.69, 9.17) is 4.74 Å². The lowest BCUT2D eigenvalue weighted by Gasteiger charge is -2.30. The molecule has 0 aromatic heterocycles. The SMILES string of the molecule is CCOC(=O)C(Cc1ccc(F)cc1F)C(=O)[C@H]1CC[C@H](c2ccccc2)CC1. The molecule has 0 spiro atoms. The van der Waals surface area contributed by atoms with Gasteiger partial charge >= 0.3 is 5.97 Å². The quantitative estimate of drug-likeness (QED) is 0.472. The van der Waals surface area contributed by atoms with Crippen LogP contribution in [0.4, 0.5) is 8.78 Å². The maximum Gasteiger partial charge on any atom is 0.316 e. The number of carbonyl (C=O) groups is 2. The highest BCUT2D eigenvalue weighted by atomic mass is 19.1. The Labute approximate surface area is 170 Å². The van der Waals surface area contributed by atoms with Gasteiger partial charge in [-0.3, -0.25) is 9.59 Å². The van der Waals surface area contributed by atoms with E-state index in [1.807, 2.05) is 18.2 Å². The number of ketones is 1. The molecule has 0 aliphatic heterocycles. The van der Waals surface area contributed by atoms with Gasteiger partial charge in [-0.15, -0.1) is 0 Å². The summed E-state index contributed by atoms with van der Waals surface area (Å²) in [5, 5.41) is 0. The normalized spacial score (nSPS) is 20.1. The second kappa shape index (κ2) is 9.77. The van der Waals surface area contributed by atoms with Crippen LogP contribution in [-0.2, 0) is 20.7 Å². The van der Waals surface area contributed by atoms with Crippen molar-refractivity contribution in [3.63, 3.8) is 0 Å². The molecule has 154 valence electrons. The van der Waals surface area contributed by atoms with Crippen molar-refractivity contribution in [1.82, 2.24) is 0 Å². The minimum absolute atomic E-state index is 0.109. The summed E-state index contributed by atoms with van der Waals surface area (Å²) in [6.45, 7) is 1.82. The van der Waals surface area contributed by atoms with Gasteiger partial charge in [-0.2, -0.15) is 0 Å². The highest BCUT2D eigenvalue weighted by Gasteiger charge is 2.36. The second-order valence-electron chi connectivity index (χ2n) is 7.61. The van der Waals surface area contributed by atoms with Crippen LogP contribution >= 0.6 is 0 Å². The fraction of sp³-hybridized carbons (Fsp3) is 0.417. The minimum atomic E-state index is -1.06. The lowest BCUT2D eigenvalue weighted by Crippen LogP contribution is -2.35. The van der Waals surface area contributed by atoms with Gasteiger partial charge in [0.15, 0.2) is 5.78 Å². The zero-order chi connectivity index (χ0) is 20.8. The molecule has 1 aliphatic rings. The third kappa shape index (κ3) is 5.28. The highest BCUT2D eigenvalue weighted by Crippen LogP contribution is 2.37. The lowest BCUT2D eigenvalue weighted by molar-refractivity contribution is -0.152. The molecule has 0 amide bonds. The van der Waals surface area contributed by atoms with Gasteiger partial charge < -0.3 is 4.74 Å². The molecule has 5 heteroatoms. The average Bonchev–Trinajstić information content (AvgIpc) is 2.73. The molecule has 2 aromatic rings. The molecular weight excluding hydrogens is 374 g/mol. The summed E-state index contributed by atoms with van der Waals surface area (Å²) in [7, 11) is 0. The Morgan fingerprint density at radius 1 is 1.03 bits per heavy atom. The fourth-order valence-electron chi connectivity index (χ4n) is 4.17. The smallest absolute Gasteiger partial charge is 0.316 e. The Morgan fingerprint density at radius 2 is 1.72 bits per heavy atom. The molecule has 0 bridgehead atoms. The van der Waals surface area contributed by atoms with E-state index >= 15 is 0 Å². The van der Waals surface area contributed by atoms with E-state index in [0.29, 0.717) is 18.8 Å². The third-order valence-electron chi connectivity index (χ3n) is 5.75. The van der Waals surface area contributed by atoms with Crippen molar-refractivity contribution >= 4 is 11.8 Å². The predicted molar refractivity (Wildman–Crippen MR) is 106 cm³/mol. The fourth-order valence-corrected chi connectivity index (χ4v) is 4.17. The largest absolute Gasteiger partial charge is 0.465 e. The van der Waals surface area contributed by atoms with E-state index in [-0.39, 0.29) is 30.3 Å². The number of hydrogen-bond donors (Lipinski definition) is 0. The van der Waals surface area contributed by atoms with Gasteiger partial charge in [0.25, 0.3) is 0 Å². The summed E-state index contributed by atoms with van der Waals surface area (Å²) < 4.78 is 32.4. The second-order valence-corrected chi connectivity index (χ2v) is 7.61. The molecule has 1 saturated carbocycles. The number of benzene rings is 2. The Morgan fingerprint density at radius 3 is 2.34 bits per heavy atom. The standard InChI is InChI=1S/C24H26F2O3/c1-2-29-24(28)21(14-19-12-13-20(25)15-22(19)26)23(27)18-10-8-17(9-11-18)16-6-4-3-5-7-16/h3-7,12-13,15,17-18,21H,2,8-11,14H2,1H3/t17-,18-,21?. The minimum Gasteiger partial charge on any atom is -0.465 e. The first kappa shape index (κ1) is 21.2. The molecule has 2 aromatic carbocycles. The van der Waals surface area contributed by atoms with Crippen LogP contribution in [0.25, 0.3) is 0 Å². The van der Waals surface area contributed by atoms with Gasteiger partial charge in [0.05, 0.1) is 6.61 Å².